The van der Waals surface area contributed by atoms with E-state index < -0.39 is 11.9 Å². The first-order valence-electron chi connectivity index (χ1n) is 9.24. The van der Waals surface area contributed by atoms with Gasteiger partial charge in [0, 0.05) is 19.3 Å². The fraction of sp³-hybridized carbons (Fsp3) is 0.318. The van der Waals surface area contributed by atoms with Crippen LogP contribution in [0, 0.1) is 0 Å². The van der Waals surface area contributed by atoms with E-state index in [1.807, 2.05) is 49.4 Å². The van der Waals surface area contributed by atoms with Crippen LogP contribution in [0.1, 0.15) is 38.2 Å². The lowest BCUT2D eigenvalue weighted by molar-refractivity contribution is -0.128. The molecular formula is C22H26N2O3. The van der Waals surface area contributed by atoms with Crippen molar-refractivity contribution in [2.75, 3.05) is 0 Å². The zero-order valence-corrected chi connectivity index (χ0v) is 15.6. The molecule has 0 bridgehead atoms. The third-order valence-corrected chi connectivity index (χ3v) is 4.45. The molecule has 0 unspecified atom stereocenters. The minimum absolute atomic E-state index is 0.0129. The average molecular weight is 366 g/mol. The van der Waals surface area contributed by atoms with Crippen LogP contribution in [0.3, 0.4) is 0 Å². The van der Waals surface area contributed by atoms with Gasteiger partial charge in [-0.25, -0.2) is 0 Å². The highest BCUT2D eigenvalue weighted by atomic mass is 16.2. The predicted molar refractivity (Wildman–Crippen MR) is 106 cm³/mol. The Bertz CT molecular complexity index is 770. The minimum atomic E-state index is -0.558. The van der Waals surface area contributed by atoms with Crippen molar-refractivity contribution in [1.82, 2.24) is 5.32 Å². The first-order valence-corrected chi connectivity index (χ1v) is 9.24. The van der Waals surface area contributed by atoms with Gasteiger partial charge in [-0.1, -0.05) is 61.5 Å². The molecule has 5 heteroatoms. The number of rotatable bonds is 10. The standard InChI is InChI=1S/C22H26N2O3/c1-2-19(20(25)13-14-21(23)26)24-22(27)15-10-16-8-11-18(12-9-16)17-6-4-3-5-7-17/h3-9,11-12,19H,2,10,13-15H2,1H3,(H2,23,26)(H,24,27)/t19-/m0/s1. The van der Waals surface area contributed by atoms with Crippen LogP contribution in [0.15, 0.2) is 54.6 Å². The van der Waals surface area contributed by atoms with Gasteiger partial charge in [-0.3, -0.25) is 14.4 Å². The van der Waals surface area contributed by atoms with E-state index in [0.29, 0.717) is 19.3 Å². The molecule has 1 atom stereocenters. The van der Waals surface area contributed by atoms with Gasteiger partial charge >= 0.3 is 0 Å². The number of hydrogen-bond donors (Lipinski definition) is 2. The van der Waals surface area contributed by atoms with Crippen molar-refractivity contribution < 1.29 is 14.4 Å². The Balaban J connectivity index is 1.83. The molecule has 0 aliphatic rings. The molecule has 2 amide bonds. The number of benzene rings is 2. The van der Waals surface area contributed by atoms with Gasteiger partial charge in [0.05, 0.1) is 6.04 Å². The third kappa shape index (κ3) is 6.70. The number of amides is 2. The fourth-order valence-corrected chi connectivity index (χ4v) is 2.85. The number of Topliss-reactive ketones (excluding diaryl/α,β-unsaturated/α-hetero) is 1. The number of ketones is 1. The molecule has 2 aromatic carbocycles. The van der Waals surface area contributed by atoms with E-state index in [-0.39, 0.29) is 24.5 Å². The molecule has 2 rings (SSSR count). The largest absolute Gasteiger partial charge is 0.370 e. The highest BCUT2D eigenvalue weighted by Crippen LogP contribution is 2.19. The molecule has 3 N–H and O–H groups in total. The molecule has 142 valence electrons. The summed E-state index contributed by atoms with van der Waals surface area (Å²) in [5.41, 5.74) is 8.42. The average Bonchev–Trinajstić information content (AvgIpc) is 2.69. The third-order valence-electron chi connectivity index (χ3n) is 4.45. The Morgan fingerprint density at radius 2 is 1.52 bits per heavy atom. The lowest BCUT2D eigenvalue weighted by Crippen LogP contribution is -2.40. The second-order valence-electron chi connectivity index (χ2n) is 6.52. The Morgan fingerprint density at radius 3 is 2.11 bits per heavy atom. The minimum Gasteiger partial charge on any atom is -0.370 e. The highest BCUT2D eigenvalue weighted by molar-refractivity contribution is 5.91. The molecule has 0 saturated carbocycles. The van der Waals surface area contributed by atoms with E-state index in [0.717, 1.165) is 16.7 Å². The van der Waals surface area contributed by atoms with E-state index in [2.05, 4.69) is 17.4 Å². The number of aryl methyl sites for hydroxylation is 1. The Kier molecular flexibility index (Phi) is 7.74. The maximum Gasteiger partial charge on any atom is 0.220 e. The van der Waals surface area contributed by atoms with Crippen molar-refractivity contribution in [3.8, 4) is 11.1 Å². The Morgan fingerprint density at radius 1 is 0.889 bits per heavy atom. The van der Waals surface area contributed by atoms with Crippen LogP contribution in [-0.4, -0.2) is 23.6 Å². The molecule has 0 fully saturated rings. The molecule has 2 aromatic rings. The maximum absolute atomic E-state index is 12.2. The Labute approximate surface area is 160 Å². The molecule has 0 aliphatic carbocycles. The van der Waals surface area contributed by atoms with Gasteiger partial charge in [0.2, 0.25) is 11.8 Å². The van der Waals surface area contributed by atoms with Crippen LogP contribution in [0.25, 0.3) is 11.1 Å². The molecular weight excluding hydrogens is 340 g/mol. The van der Waals surface area contributed by atoms with E-state index in [9.17, 15) is 14.4 Å². The molecule has 0 aliphatic heterocycles. The molecule has 0 saturated heterocycles. The van der Waals surface area contributed by atoms with Gasteiger partial charge in [-0.2, -0.15) is 0 Å². The quantitative estimate of drug-likeness (QED) is 0.677. The summed E-state index contributed by atoms with van der Waals surface area (Å²) in [7, 11) is 0. The summed E-state index contributed by atoms with van der Waals surface area (Å²) in [5, 5.41) is 2.76. The SMILES string of the molecule is CC[C@H](NC(=O)CCc1ccc(-c2ccccc2)cc1)C(=O)CCC(N)=O. The number of primary amides is 1. The van der Waals surface area contributed by atoms with Crippen LogP contribution in [0.5, 0.6) is 0 Å². The van der Waals surface area contributed by atoms with Crippen LogP contribution in [0.4, 0.5) is 0 Å². The van der Waals surface area contributed by atoms with Gasteiger partial charge in [0.25, 0.3) is 0 Å². The summed E-state index contributed by atoms with van der Waals surface area (Å²) in [6, 6.07) is 17.7. The van der Waals surface area contributed by atoms with Gasteiger partial charge < -0.3 is 11.1 Å². The molecule has 0 heterocycles. The predicted octanol–water partition coefficient (Wildman–Crippen LogP) is 3.02. The highest BCUT2D eigenvalue weighted by Gasteiger charge is 2.18. The van der Waals surface area contributed by atoms with Crippen LogP contribution in [-0.2, 0) is 20.8 Å². The number of carbonyl (C=O) groups excluding carboxylic acids is 3. The van der Waals surface area contributed by atoms with E-state index in [1.54, 1.807) is 0 Å². The van der Waals surface area contributed by atoms with Crippen LogP contribution < -0.4 is 11.1 Å². The molecule has 27 heavy (non-hydrogen) atoms. The molecule has 0 aromatic heterocycles. The maximum atomic E-state index is 12.2. The zero-order chi connectivity index (χ0) is 19.6. The van der Waals surface area contributed by atoms with Crippen molar-refractivity contribution in [3.63, 3.8) is 0 Å². The van der Waals surface area contributed by atoms with E-state index in [1.165, 1.54) is 0 Å². The smallest absolute Gasteiger partial charge is 0.220 e. The van der Waals surface area contributed by atoms with Gasteiger partial charge in [-0.15, -0.1) is 0 Å². The summed E-state index contributed by atoms with van der Waals surface area (Å²) in [6.07, 6.45) is 1.49. The number of nitrogens with one attached hydrogen (secondary N) is 1. The monoisotopic (exact) mass is 366 g/mol. The summed E-state index contributed by atoms with van der Waals surface area (Å²) in [5.74, 6) is -0.832. The van der Waals surface area contributed by atoms with Crippen LogP contribution >= 0.6 is 0 Å². The molecule has 0 spiro atoms. The molecule has 5 nitrogen and oxygen atoms in total. The number of carbonyl (C=O) groups is 3. The second-order valence-corrected chi connectivity index (χ2v) is 6.52. The van der Waals surface area contributed by atoms with Crippen molar-refractivity contribution >= 4 is 17.6 Å². The van der Waals surface area contributed by atoms with E-state index >= 15 is 0 Å². The first kappa shape index (κ1) is 20.4. The van der Waals surface area contributed by atoms with E-state index in [4.69, 9.17) is 5.73 Å². The topological polar surface area (TPSA) is 89.3 Å². The van der Waals surface area contributed by atoms with Crippen molar-refractivity contribution in [3.05, 3.63) is 60.2 Å². The lowest BCUT2D eigenvalue weighted by atomic mass is 10.0. The number of hydrogen-bond acceptors (Lipinski definition) is 3. The fourth-order valence-electron chi connectivity index (χ4n) is 2.85. The van der Waals surface area contributed by atoms with Crippen molar-refractivity contribution in [2.24, 2.45) is 5.73 Å². The van der Waals surface area contributed by atoms with Crippen molar-refractivity contribution in [1.29, 1.82) is 0 Å². The van der Waals surface area contributed by atoms with Gasteiger partial charge in [-0.05, 0) is 29.5 Å². The van der Waals surface area contributed by atoms with Crippen LogP contribution in [0.2, 0.25) is 0 Å². The summed E-state index contributed by atoms with van der Waals surface area (Å²) < 4.78 is 0. The normalized spacial score (nSPS) is 11.6. The summed E-state index contributed by atoms with van der Waals surface area (Å²) in [6.45, 7) is 1.83. The Hall–Kier alpha value is -2.95. The van der Waals surface area contributed by atoms with Gasteiger partial charge in [0.15, 0.2) is 5.78 Å². The zero-order valence-electron chi connectivity index (χ0n) is 15.6. The summed E-state index contributed by atoms with van der Waals surface area (Å²) in [4.78, 5) is 35.0. The van der Waals surface area contributed by atoms with Crippen molar-refractivity contribution in [2.45, 2.75) is 45.1 Å². The van der Waals surface area contributed by atoms with Gasteiger partial charge in [0.1, 0.15) is 0 Å². The summed E-state index contributed by atoms with van der Waals surface area (Å²) >= 11 is 0. The first-order chi connectivity index (χ1) is 13.0. The lowest BCUT2D eigenvalue weighted by Gasteiger charge is -2.15. The number of nitrogens with two attached hydrogens (primary N) is 1. The molecule has 0 radical (unpaired) electrons. The second kappa shape index (κ2) is 10.3.